The molecule has 0 amide bonds. The molecule has 0 bridgehead atoms. The van der Waals surface area contributed by atoms with Crippen molar-refractivity contribution in [3.8, 4) is 12.3 Å². The zero-order valence-corrected chi connectivity index (χ0v) is 15.0. The average molecular weight is 343 g/mol. The summed E-state index contributed by atoms with van der Waals surface area (Å²) < 4.78 is 0. The maximum Gasteiger partial charge on any atom is 0.0578 e. The summed E-state index contributed by atoms with van der Waals surface area (Å²) in [5, 5.41) is 6.09. The van der Waals surface area contributed by atoms with Crippen molar-refractivity contribution in [2.75, 3.05) is 6.54 Å². The van der Waals surface area contributed by atoms with E-state index in [9.17, 15) is 0 Å². The fourth-order valence-corrected chi connectivity index (χ4v) is 4.71. The van der Waals surface area contributed by atoms with Crippen molar-refractivity contribution in [3.63, 3.8) is 0 Å². The van der Waals surface area contributed by atoms with Gasteiger partial charge >= 0.3 is 0 Å². The molecule has 3 aromatic rings. The van der Waals surface area contributed by atoms with E-state index < -0.39 is 0 Å². The first-order valence-electron chi connectivity index (χ1n) is 8.74. The molecule has 1 aliphatic rings. The van der Waals surface area contributed by atoms with E-state index in [0.29, 0.717) is 12.6 Å². The van der Waals surface area contributed by atoms with Crippen molar-refractivity contribution in [2.24, 2.45) is 0 Å². The predicted octanol–water partition coefficient (Wildman–Crippen LogP) is 5.34. The number of rotatable bonds is 5. The summed E-state index contributed by atoms with van der Waals surface area (Å²) in [6, 6.07) is 22.4. The molecule has 1 unspecified atom stereocenters. The van der Waals surface area contributed by atoms with Crippen LogP contribution in [-0.2, 0) is 12.2 Å². The third-order valence-electron chi connectivity index (χ3n) is 4.89. The molecular formula is C23H21NS. The molecule has 1 aliphatic carbocycles. The van der Waals surface area contributed by atoms with Gasteiger partial charge in [0.1, 0.15) is 0 Å². The second-order valence-corrected chi connectivity index (χ2v) is 7.49. The third-order valence-corrected chi connectivity index (χ3v) is 6.06. The highest BCUT2D eigenvalue weighted by atomic mass is 32.2. The van der Waals surface area contributed by atoms with Crippen molar-refractivity contribution in [3.05, 3.63) is 77.4 Å². The van der Waals surface area contributed by atoms with Gasteiger partial charge in [-0.2, -0.15) is 0 Å². The molecule has 0 heterocycles. The minimum atomic E-state index is 0.410. The van der Waals surface area contributed by atoms with E-state index in [-0.39, 0.29) is 0 Å². The average Bonchev–Trinajstić information content (AvgIpc) is 3.08. The second kappa shape index (κ2) is 7.35. The molecule has 1 nitrogen and oxygen atoms in total. The molecule has 4 rings (SSSR count). The van der Waals surface area contributed by atoms with Crippen LogP contribution < -0.4 is 5.32 Å². The van der Waals surface area contributed by atoms with Crippen molar-refractivity contribution < 1.29 is 0 Å². The largest absolute Gasteiger partial charge is 0.299 e. The molecule has 3 aromatic carbocycles. The van der Waals surface area contributed by atoms with E-state index in [1.54, 1.807) is 0 Å². The summed E-state index contributed by atoms with van der Waals surface area (Å²) in [7, 11) is 0. The van der Waals surface area contributed by atoms with Gasteiger partial charge in [0.05, 0.1) is 6.54 Å². The van der Waals surface area contributed by atoms with Gasteiger partial charge in [-0.3, -0.25) is 5.32 Å². The fourth-order valence-electron chi connectivity index (χ4n) is 3.64. The van der Waals surface area contributed by atoms with Crippen molar-refractivity contribution in [1.82, 2.24) is 5.32 Å². The SMILES string of the molecule is C#CCNC1CCc2c(SCc3ccc4ccccc4c3)cccc21. The molecular weight excluding hydrogens is 322 g/mol. The van der Waals surface area contributed by atoms with Crippen LogP contribution in [0, 0.1) is 12.3 Å². The Morgan fingerprint density at radius 1 is 1.04 bits per heavy atom. The number of thioether (sulfide) groups is 1. The van der Waals surface area contributed by atoms with Gasteiger partial charge in [-0.15, -0.1) is 18.2 Å². The van der Waals surface area contributed by atoms with Crippen LogP contribution in [0.25, 0.3) is 10.8 Å². The lowest BCUT2D eigenvalue weighted by Gasteiger charge is -2.13. The second-order valence-electron chi connectivity index (χ2n) is 6.47. The Hall–Kier alpha value is -2.21. The fraction of sp³-hybridized carbons (Fsp3) is 0.217. The topological polar surface area (TPSA) is 12.0 Å². The summed E-state index contributed by atoms with van der Waals surface area (Å²) in [6.07, 6.45) is 7.67. The number of benzene rings is 3. The highest BCUT2D eigenvalue weighted by molar-refractivity contribution is 7.98. The highest BCUT2D eigenvalue weighted by Gasteiger charge is 2.23. The van der Waals surface area contributed by atoms with E-state index in [1.807, 2.05) is 11.8 Å². The Morgan fingerprint density at radius 3 is 2.80 bits per heavy atom. The Bertz CT molecular complexity index is 938. The van der Waals surface area contributed by atoms with Crippen molar-refractivity contribution >= 4 is 22.5 Å². The molecule has 1 atom stereocenters. The number of nitrogens with one attached hydrogen (secondary N) is 1. The van der Waals surface area contributed by atoms with Gasteiger partial charge < -0.3 is 0 Å². The zero-order valence-electron chi connectivity index (χ0n) is 14.2. The van der Waals surface area contributed by atoms with E-state index in [2.05, 4.69) is 71.9 Å². The Morgan fingerprint density at radius 2 is 1.92 bits per heavy atom. The van der Waals surface area contributed by atoms with Crippen LogP contribution in [0.5, 0.6) is 0 Å². The molecule has 0 fully saturated rings. The first-order valence-corrected chi connectivity index (χ1v) is 9.73. The van der Waals surface area contributed by atoms with Gasteiger partial charge in [0.15, 0.2) is 0 Å². The first-order chi connectivity index (χ1) is 12.3. The van der Waals surface area contributed by atoms with E-state index >= 15 is 0 Å². The van der Waals surface area contributed by atoms with Gasteiger partial charge in [-0.1, -0.05) is 60.5 Å². The quantitative estimate of drug-likeness (QED) is 0.495. The maximum absolute atomic E-state index is 5.39. The summed E-state index contributed by atoms with van der Waals surface area (Å²) in [6.45, 7) is 0.637. The van der Waals surface area contributed by atoms with Crippen LogP contribution in [0.1, 0.15) is 29.2 Å². The van der Waals surface area contributed by atoms with Crippen LogP contribution in [0.4, 0.5) is 0 Å². The maximum atomic E-state index is 5.39. The highest BCUT2D eigenvalue weighted by Crippen LogP contribution is 2.38. The van der Waals surface area contributed by atoms with Gasteiger partial charge in [0, 0.05) is 16.7 Å². The van der Waals surface area contributed by atoms with Gasteiger partial charge in [-0.25, -0.2) is 0 Å². The Balaban J connectivity index is 1.51. The lowest BCUT2D eigenvalue weighted by atomic mass is 10.1. The molecule has 1 N–H and O–H groups in total. The zero-order chi connectivity index (χ0) is 17.1. The minimum Gasteiger partial charge on any atom is -0.299 e. The monoisotopic (exact) mass is 343 g/mol. The summed E-state index contributed by atoms with van der Waals surface area (Å²) >= 11 is 1.95. The lowest BCUT2D eigenvalue weighted by molar-refractivity contribution is 0.568. The normalized spacial score (nSPS) is 15.9. The number of hydrogen-bond acceptors (Lipinski definition) is 2. The van der Waals surface area contributed by atoms with E-state index in [0.717, 1.165) is 18.6 Å². The minimum absolute atomic E-state index is 0.410. The van der Waals surface area contributed by atoms with Crippen LogP contribution in [0.15, 0.2) is 65.6 Å². The molecule has 0 radical (unpaired) electrons. The summed E-state index contributed by atoms with van der Waals surface area (Å²) in [4.78, 5) is 1.41. The first kappa shape index (κ1) is 16.3. The molecule has 2 heteroatoms. The Labute approximate surface area is 153 Å². The molecule has 0 saturated heterocycles. The molecule has 124 valence electrons. The molecule has 0 saturated carbocycles. The smallest absolute Gasteiger partial charge is 0.0578 e. The number of terminal acetylenes is 1. The lowest BCUT2D eigenvalue weighted by Crippen LogP contribution is -2.19. The molecule has 0 aliphatic heterocycles. The molecule has 0 aromatic heterocycles. The van der Waals surface area contributed by atoms with Crippen molar-refractivity contribution in [1.29, 1.82) is 0 Å². The van der Waals surface area contributed by atoms with E-state index in [4.69, 9.17) is 6.42 Å². The number of fused-ring (bicyclic) bond motifs is 2. The van der Waals surface area contributed by atoms with Gasteiger partial charge in [-0.05, 0) is 46.4 Å². The third kappa shape index (κ3) is 3.44. The standard InChI is InChI=1S/C23H21NS/c1-2-14-24-22-13-12-21-20(22)8-5-9-23(21)25-16-17-10-11-18-6-3-4-7-19(18)15-17/h1,3-11,15,22,24H,12-14,16H2. The number of hydrogen-bond donors (Lipinski definition) is 1. The molecule has 0 spiro atoms. The van der Waals surface area contributed by atoms with Crippen LogP contribution in [0.3, 0.4) is 0 Å². The summed E-state index contributed by atoms with van der Waals surface area (Å²) in [5.74, 6) is 3.69. The van der Waals surface area contributed by atoms with Gasteiger partial charge in [0.2, 0.25) is 0 Å². The summed E-state index contributed by atoms with van der Waals surface area (Å²) in [5.41, 5.74) is 4.31. The van der Waals surface area contributed by atoms with Crippen LogP contribution in [0.2, 0.25) is 0 Å². The van der Waals surface area contributed by atoms with Crippen LogP contribution in [-0.4, -0.2) is 6.54 Å². The van der Waals surface area contributed by atoms with E-state index in [1.165, 1.54) is 32.4 Å². The van der Waals surface area contributed by atoms with Gasteiger partial charge in [0.25, 0.3) is 0 Å². The predicted molar refractivity (Wildman–Crippen MR) is 108 cm³/mol. The Kier molecular flexibility index (Phi) is 4.78. The van der Waals surface area contributed by atoms with Crippen LogP contribution >= 0.6 is 11.8 Å². The van der Waals surface area contributed by atoms with Crippen molar-refractivity contribution in [2.45, 2.75) is 29.5 Å². The molecule has 25 heavy (non-hydrogen) atoms.